The topological polar surface area (TPSA) is 77.8 Å². The Bertz CT molecular complexity index is 124. The van der Waals surface area contributed by atoms with Crippen molar-refractivity contribution >= 4 is 5.97 Å². The molecule has 0 aromatic carbocycles. The molecule has 0 aromatic rings. The average molecular weight is 162 g/mol. The number of hydrogen-bond donors (Lipinski definition) is 3. The van der Waals surface area contributed by atoms with E-state index in [4.69, 9.17) is 15.3 Å². The number of hydrogen-bond acceptors (Lipinski definition) is 3. The maximum absolute atomic E-state index is 10.4. The van der Waals surface area contributed by atoms with Gasteiger partial charge in [0.2, 0.25) is 0 Å². The van der Waals surface area contributed by atoms with Gasteiger partial charge >= 0.3 is 5.97 Å². The fourth-order valence-electron chi connectivity index (χ4n) is 0.945. The van der Waals surface area contributed by atoms with Crippen molar-refractivity contribution < 1.29 is 20.1 Å². The Morgan fingerprint density at radius 2 is 2.09 bits per heavy atom. The number of aliphatic hydroxyl groups is 2. The van der Waals surface area contributed by atoms with Crippen molar-refractivity contribution in [3.05, 3.63) is 0 Å². The van der Waals surface area contributed by atoms with Crippen molar-refractivity contribution in [3.63, 3.8) is 0 Å². The molecule has 0 saturated carbocycles. The first-order valence-electron chi connectivity index (χ1n) is 3.65. The van der Waals surface area contributed by atoms with E-state index in [9.17, 15) is 4.79 Å². The van der Waals surface area contributed by atoms with Gasteiger partial charge in [-0.15, -0.1) is 0 Å². The second kappa shape index (κ2) is 5.09. The first-order valence-corrected chi connectivity index (χ1v) is 3.65. The molecule has 0 aliphatic heterocycles. The zero-order valence-corrected chi connectivity index (χ0v) is 6.53. The van der Waals surface area contributed by atoms with Crippen molar-refractivity contribution in [2.75, 3.05) is 6.61 Å². The molecule has 11 heavy (non-hydrogen) atoms. The van der Waals surface area contributed by atoms with Gasteiger partial charge in [0.15, 0.2) is 0 Å². The van der Waals surface area contributed by atoms with E-state index < -0.39 is 18.0 Å². The normalized spacial score (nSPS) is 15.9. The number of rotatable bonds is 5. The van der Waals surface area contributed by atoms with E-state index in [1.54, 1.807) is 6.92 Å². The van der Waals surface area contributed by atoms with Crippen LogP contribution in [0.1, 0.15) is 19.8 Å². The van der Waals surface area contributed by atoms with Crippen LogP contribution in [-0.2, 0) is 4.79 Å². The lowest BCUT2D eigenvalue weighted by molar-refractivity contribution is -0.146. The van der Waals surface area contributed by atoms with Gasteiger partial charge in [0.25, 0.3) is 0 Å². The second-order valence-electron chi connectivity index (χ2n) is 2.43. The Hall–Kier alpha value is -0.610. The van der Waals surface area contributed by atoms with Crippen LogP contribution in [0.15, 0.2) is 0 Å². The number of carbonyl (C=O) groups is 1. The highest BCUT2D eigenvalue weighted by atomic mass is 16.4. The largest absolute Gasteiger partial charge is 0.481 e. The Balaban J connectivity index is 3.91. The van der Waals surface area contributed by atoms with Crippen LogP contribution >= 0.6 is 0 Å². The van der Waals surface area contributed by atoms with E-state index in [0.29, 0.717) is 6.42 Å². The van der Waals surface area contributed by atoms with E-state index in [1.165, 1.54) is 0 Å². The van der Waals surface area contributed by atoms with Gasteiger partial charge in [-0.2, -0.15) is 0 Å². The average Bonchev–Trinajstić information content (AvgIpc) is 1.88. The third-order valence-corrected chi connectivity index (χ3v) is 1.65. The van der Waals surface area contributed by atoms with E-state index in [1.807, 2.05) is 0 Å². The summed E-state index contributed by atoms with van der Waals surface area (Å²) in [7, 11) is 0. The highest BCUT2D eigenvalue weighted by Crippen LogP contribution is 2.11. The summed E-state index contributed by atoms with van der Waals surface area (Å²) in [6, 6.07) is 0. The highest BCUT2D eigenvalue weighted by Gasteiger charge is 2.23. The predicted molar refractivity (Wildman–Crippen MR) is 39.1 cm³/mol. The molecule has 0 aliphatic rings. The first-order chi connectivity index (χ1) is 5.13. The first kappa shape index (κ1) is 10.4. The van der Waals surface area contributed by atoms with E-state index in [-0.39, 0.29) is 13.0 Å². The third kappa shape index (κ3) is 3.34. The van der Waals surface area contributed by atoms with Gasteiger partial charge in [-0.1, -0.05) is 6.92 Å². The molecule has 0 amide bonds. The number of aliphatic carboxylic acids is 1. The predicted octanol–water partition coefficient (Wildman–Crippen LogP) is -0.160. The lowest BCUT2D eigenvalue weighted by Crippen LogP contribution is -2.28. The summed E-state index contributed by atoms with van der Waals surface area (Å²) in [5.41, 5.74) is 0. The molecule has 0 spiro atoms. The molecule has 0 fully saturated rings. The maximum Gasteiger partial charge on any atom is 0.309 e. The standard InChI is InChI=1S/C7H14O4/c1-2-5(7(10)11)6(9)3-4-8/h5-6,8-9H,2-4H2,1H3,(H,10,11)/t5-,6+/m1/s1. The highest BCUT2D eigenvalue weighted by molar-refractivity contribution is 5.70. The molecule has 3 N–H and O–H groups in total. The van der Waals surface area contributed by atoms with Crippen LogP contribution in [0.4, 0.5) is 0 Å². The Morgan fingerprint density at radius 3 is 2.36 bits per heavy atom. The van der Waals surface area contributed by atoms with Crippen LogP contribution in [0, 0.1) is 5.92 Å². The van der Waals surface area contributed by atoms with Crippen LogP contribution in [0.2, 0.25) is 0 Å². The van der Waals surface area contributed by atoms with E-state index in [2.05, 4.69) is 0 Å². The summed E-state index contributed by atoms with van der Waals surface area (Å²) in [6.07, 6.45) is -0.413. The molecule has 0 rings (SSSR count). The summed E-state index contributed by atoms with van der Waals surface area (Å²) in [6.45, 7) is 1.52. The number of carboxylic acids is 1. The summed E-state index contributed by atoms with van der Waals surface area (Å²) < 4.78 is 0. The van der Waals surface area contributed by atoms with Crippen molar-refractivity contribution in [2.24, 2.45) is 5.92 Å². The zero-order valence-electron chi connectivity index (χ0n) is 6.53. The van der Waals surface area contributed by atoms with Gasteiger partial charge in [-0.3, -0.25) is 4.79 Å². The molecular formula is C7H14O4. The quantitative estimate of drug-likeness (QED) is 0.525. The van der Waals surface area contributed by atoms with Crippen LogP contribution < -0.4 is 0 Å². The minimum Gasteiger partial charge on any atom is -0.481 e. The van der Waals surface area contributed by atoms with Crippen molar-refractivity contribution in [1.82, 2.24) is 0 Å². The van der Waals surface area contributed by atoms with Crippen molar-refractivity contribution in [3.8, 4) is 0 Å². The maximum atomic E-state index is 10.4. The van der Waals surface area contributed by atoms with Crippen molar-refractivity contribution in [2.45, 2.75) is 25.9 Å². The van der Waals surface area contributed by atoms with Crippen LogP contribution in [0.3, 0.4) is 0 Å². The lowest BCUT2D eigenvalue weighted by atomic mass is 9.98. The van der Waals surface area contributed by atoms with E-state index >= 15 is 0 Å². The summed E-state index contributed by atoms with van der Waals surface area (Å²) in [5.74, 6) is -1.75. The minimum absolute atomic E-state index is 0.130. The Labute approximate surface area is 65.5 Å². The lowest BCUT2D eigenvalue weighted by Gasteiger charge is -2.15. The number of carboxylic acid groups (broad SMARTS) is 1. The Morgan fingerprint density at radius 1 is 1.55 bits per heavy atom. The van der Waals surface area contributed by atoms with Crippen LogP contribution in [-0.4, -0.2) is 34.0 Å². The molecule has 0 bridgehead atoms. The van der Waals surface area contributed by atoms with Crippen molar-refractivity contribution in [1.29, 1.82) is 0 Å². The molecule has 0 heterocycles. The molecule has 0 aromatic heterocycles. The van der Waals surface area contributed by atoms with Gasteiger partial charge in [-0.05, 0) is 12.8 Å². The third-order valence-electron chi connectivity index (χ3n) is 1.65. The molecule has 0 unspecified atom stereocenters. The smallest absolute Gasteiger partial charge is 0.309 e. The Kier molecular flexibility index (Phi) is 4.81. The van der Waals surface area contributed by atoms with Gasteiger partial charge < -0.3 is 15.3 Å². The molecular weight excluding hydrogens is 148 g/mol. The van der Waals surface area contributed by atoms with E-state index in [0.717, 1.165) is 0 Å². The molecule has 2 atom stereocenters. The van der Waals surface area contributed by atoms with Crippen LogP contribution in [0.5, 0.6) is 0 Å². The van der Waals surface area contributed by atoms with Gasteiger partial charge in [0.1, 0.15) is 0 Å². The molecule has 0 aliphatic carbocycles. The molecule has 0 saturated heterocycles. The second-order valence-corrected chi connectivity index (χ2v) is 2.43. The fourth-order valence-corrected chi connectivity index (χ4v) is 0.945. The molecule has 4 nitrogen and oxygen atoms in total. The van der Waals surface area contributed by atoms with Gasteiger partial charge in [0.05, 0.1) is 12.0 Å². The van der Waals surface area contributed by atoms with Crippen LogP contribution in [0.25, 0.3) is 0 Å². The summed E-state index contributed by atoms with van der Waals surface area (Å²) in [4.78, 5) is 10.4. The fraction of sp³-hybridized carbons (Fsp3) is 0.857. The van der Waals surface area contributed by atoms with Gasteiger partial charge in [0, 0.05) is 6.61 Å². The summed E-state index contributed by atoms with van der Waals surface area (Å²) >= 11 is 0. The van der Waals surface area contributed by atoms with Gasteiger partial charge in [-0.25, -0.2) is 0 Å². The minimum atomic E-state index is -1.01. The monoisotopic (exact) mass is 162 g/mol. The SMILES string of the molecule is CC[C@@H](C(=O)O)[C@@H](O)CCO. The molecule has 4 heteroatoms. The summed E-state index contributed by atoms with van der Waals surface area (Å²) in [5, 5.41) is 26.1. The number of aliphatic hydroxyl groups excluding tert-OH is 2. The molecule has 66 valence electrons. The molecule has 0 radical (unpaired) electrons. The zero-order chi connectivity index (χ0) is 8.85.